The molecule has 2 atom stereocenters. The molecule has 0 amide bonds. The molecule has 1 saturated heterocycles. The van der Waals surface area contributed by atoms with E-state index < -0.39 is 23.9 Å². The zero-order chi connectivity index (χ0) is 17.0. The van der Waals surface area contributed by atoms with Crippen molar-refractivity contribution in [3.8, 4) is 5.75 Å². The second-order valence-electron chi connectivity index (χ2n) is 5.40. The van der Waals surface area contributed by atoms with Gasteiger partial charge in [0.1, 0.15) is 11.9 Å². The van der Waals surface area contributed by atoms with Crippen LogP contribution in [0.1, 0.15) is 17.4 Å². The number of morpholine rings is 1. The first-order valence-corrected chi connectivity index (χ1v) is 7.62. The fraction of sp³-hybridized carbons (Fsp3) is 0.353. The summed E-state index contributed by atoms with van der Waals surface area (Å²) in [5, 5.41) is 3.16. The van der Waals surface area contributed by atoms with E-state index in [4.69, 9.17) is 9.47 Å². The lowest BCUT2D eigenvalue weighted by Gasteiger charge is -2.31. The quantitative estimate of drug-likeness (QED) is 0.930. The Hall–Kier alpha value is -2.12. The fourth-order valence-electron chi connectivity index (χ4n) is 2.59. The van der Waals surface area contributed by atoms with Gasteiger partial charge in [0, 0.05) is 19.3 Å². The summed E-state index contributed by atoms with van der Waals surface area (Å²) in [6, 6.07) is 10.4. The number of benzene rings is 1. The van der Waals surface area contributed by atoms with Crippen LogP contribution in [0.3, 0.4) is 0 Å². The molecule has 7 heteroatoms. The minimum absolute atomic E-state index is 0.227. The van der Waals surface area contributed by atoms with Crippen molar-refractivity contribution in [2.45, 2.75) is 18.4 Å². The zero-order valence-corrected chi connectivity index (χ0v) is 12.8. The van der Waals surface area contributed by atoms with Crippen molar-refractivity contribution < 1.29 is 22.6 Å². The maximum absolute atomic E-state index is 13.2. The molecule has 0 bridgehead atoms. The lowest BCUT2D eigenvalue weighted by Crippen LogP contribution is -2.43. The van der Waals surface area contributed by atoms with Gasteiger partial charge in [-0.15, -0.1) is 0 Å². The van der Waals surface area contributed by atoms with Crippen molar-refractivity contribution in [2.75, 3.05) is 19.7 Å². The molecule has 0 unspecified atom stereocenters. The SMILES string of the molecule is FC(F)(F)c1ccccc1O[C@@H](c1ccccn1)[C@@H]1CNCCO1. The van der Waals surface area contributed by atoms with Crippen LogP contribution in [-0.2, 0) is 10.9 Å². The van der Waals surface area contributed by atoms with Crippen molar-refractivity contribution in [3.05, 3.63) is 59.9 Å². The van der Waals surface area contributed by atoms with E-state index in [0.29, 0.717) is 25.4 Å². The number of nitrogens with one attached hydrogen (secondary N) is 1. The summed E-state index contributed by atoms with van der Waals surface area (Å²) in [5.41, 5.74) is -0.280. The Labute approximate surface area is 137 Å². The molecule has 2 aromatic rings. The molecular formula is C17H17F3N2O2. The van der Waals surface area contributed by atoms with Crippen LogP contribution < -0.4 is 10.1 Å². The Morgan fingerprint density at radius 2 is 1.96 bits per heavy atom. The third kappa shape index (κ3) is 3.85. The van der Waals surface area contributed by atoms with Crippen LogP contribution in [0.5, 0.6) is 5.75 Å². The molecule has 0 radical (unpaired) electrons. The van der Waals surface area contributed by atoms with E-state index in [2.05, 4.69) is 10.3 Å². The second-order valence-corrected chi connectivity index (χ2v) is 5.40. The fourth-order valence-corrected chi connectivity index (χ4v) is 2.59. The van der Waals surface area contributed by atoms with Crippen LogP contribution in [0, 0.1) is 0 Å². The van der Waals surface area contributed by atoms with E-state index in [9.17, 15) is 13.2 Å². The molecule has 128 valence electrons. The molecule has 2 heterocycles. The number of halogens is 3. The van der Waals surface area contributed by atoms with E-state index in [1.165, 1.54) is 18.2 Å². The number of pyridine rings is 1. The topological polar surface area (TPSA) is 43.4 Å². The van der Waals surface area contributed by atoms with E-state index >= 15 is 0 Å². The van der Waals surface area contributed by atoms with Gasteiger partial charge in [0.15, 0.2) is 6.10 Å². The number of hydrogen-bond donors (Lipinski definition) is 1. The summed E-state index contributed by atoms with van der Waals surface area (Å²) in [4.78, 5) is 4.23. The summed E-state index contributed by atoms with van der Waals surface area (Å²) in [6.45, 7) is 1.65. The van der Waals surface area contributed by atoms with Crippen molar-refractivity contribution >= 4 is 0 Å². The number of ether oxygens (including phenoxy) is 2. The van der Waals surface area contributed by atoms with E-state index in [0.717, 1.165) is 6.07 Å². The minimum atomic E-state index is -4.49. The van der Waals surface area contributed by atoms with Gasteiger partial charge in [-0.05, 0) is 24.3 Å². The highest BCUT2D eigenvalue weighted by Gasteiger charge is 2.36. The van der Waals surface area contributed by atoms with Gasteiger partial charge in [0.2, 0.25) is 0 Å². The maximum Gasteiger partial charge on any atom is 0.419 e. The molecule has 1 N–H and O–H groups in total. The van der Waals surface area contributed by atoms with Gasteiger partial charge in [-0.3, -0.25) is 4.98 Å². The van der Waals surface area contributed by atoms with E-state index in [1.807, 2.05) is 0 Å². The summed E-state index contributed by atoms with van der Waals surface area (Å²) in [6.07, 6.45) is -4.06. The molecule has 0 aliphatic carbocycles. The predicted octanol–water partition coefficient (Wildman–Crippen LogP) is 3.21. The number of alkyl halides is 3. The van der Waals surface area contributed by atoms with Gasteiger partial charge in [0.05, 0.1) is 17.9 Å². The molecular weight excluding hydrogens is 321 g/mol. The van der Waals surface area contributed by atoms with Gasteiger partial charge in [-0.1, -0.05) is 18.2 Å². The first-order valence-electron chi connectivity index (χ1n) is 7.62. The largest absolute Gasteiger partial charge is 0.481 e. The van der Waals surface area contributed by atoms with Crippen LogP contribution in [-0.4, -0.2) is 30.8 Å². The highest BCUT2D eigenvalue weighted by molar-refractivity contribution is 5.36. The molecule has 0 spiro atoms. The average molecular weight is 338 g/mol. The summed E-state index contributed by atoms with van der Waals surface area (Å²) in [5.74, 6) is -0.227. The third-order valence-electron chi connectivity index (χ3n) is 3.72. The van der Waals surface area contributed by atoms with Crippen LogP contribution in [0.15, 0.2) is 48.7 Å². The van der Waals surface area contributed by atoms with Crippen LogP contribution in [0.4, 0.5) is 13.2 Å². The highest BCUT2D eigenvalue weighted by atomic mass is 19.4. The van der Waals surface area contributed by atoms with E-state index in [-0.39, 0.29) is 5.75 Å². The van der Waals surface area contributed by atoms with Gasteiger partial charge in [-0.25, -0.2) is 0 Å². The molecule has 24 heavy (non-hydrogen) atoms. The Morgan fingerprint density at radius 1 is 1.17 bits per heavy atom. The van der Waals surface area contributed by atoms with Crippen molar-refractivity contribution in [3.63, 3.8) is 0 Å². The summed E-state index contributed by atoms with van der Waals surface area (Å²) in [7, 11) is 0. The lowest BCUT2D eigenvalue weighted by atomic mass is 10.1. The first kappa shape index (κ1) is 16.7. The van der Waals surface area contributed by atoms with Gasteiger partial charge >= 0.3 is 6.18 Å². The monoisotopic (exact) mass is 338 g/mol. The van der Waals surface area contributed by atoms with Crippen molar-refractivity contribution in [1.82, 2.24) is 10.3 Å². The maximum atomic E-state index is 13.2. The summed E-state index contributed by atoms with van der Waals surface area (Å²) >= 11 is 0. The lowest BCUT2D eigenvalue weighted by molar-refractivity contribution is -0.140. The number of hydrogen-bond acceptors (Lipinski definition) is 4. The minimum Gasteiger partial charge on any atom is -0.481 e. The van der Waals surface area contributed by atoms with Crippen molar-refractivity contribution in [2.24, 2.45) is 0 Å². The third-order valence-corrected chi connectivity index (χ3v) is 3.72. The number of rotatable bonds is 4. The van der Waals surface area contributed by atoms with Gasteiger partial charge in [-0.2, -0.15) is 13.2 Å². The second kappa shape index (κ2) is 7.19. The van der Waals surface area contributed by atoms with Crippen LogP contribution in [0.25, 0.3) is 0 Å². The molecule has 1 aliphatic rings. The first-order chi connectivity index (χ1) is 11.6. The smallest absolute Gasteiger partial charge is 0.419 e. The molecule has 4 nitrogen and oxygen atoms in total. The van der Waals surface area contributed by atoms with Crippen LogP contribution in [0.2, 0.25) is 0 Å². The molecule has 1 aromatic carbocycles. The standard InChI is InChI=1S/C17H17F3N2O2/c18-17(19,20)12-5-1-2-7-14(12)24-16(13-6-3-4-8-22-13)15-11-21-9-10-23-15/h1-8,15-16,21H,9-11H2/t15-,16-/m0/s1. The van der Waals surface area contributed by atoms with Crippen molar-refractivity contribution in [1.29, 1.82) is 0 Å². The average Bonchev–Trinajstić information content (AvgIpc) is 2.61. The Balaban J connectivity index is 1.93. The highest BCUT2D eigenvalue weighted by Crippen LogP contribution is 2.38. The normalized spacial score (nSPS) is 19.7. The molecule has 1 aromatic heterocycles. The van der Waals surface area contributed by atoms with Gasteiger partial charge < -0.3 is 14.8 Å². The number of nitrogens with zero attached hydrogens (tertiary/aromatic N) is 1. The van der Waals surface area contributed by atoms with E-state index in [1.54, 1.807) is 24.4 Å². The number of aromatic nitrogens is 1. The molecule has 0 saturated carbocycles. The molecule has 3 rings (SSSR count). The van der Waals surface area contributed by atoms with Crippen LogP contribution >= 0.6 is 0 Å². The Bertz CT molecular complexity index is 658. The zero-order valence-electron chi connectivity index (χ0n) is 12.8. The Kier molecular flexibility index (Phi) is 5.01. The molecule has 1 aliphatic heterocycles. The van der Waals surface area contributed by atoms with Gasteiger partial charge in [0.25, 0.3) is 0 Å². The molecule has 1 fully saturated rings. The Morgan fingerprint density at radius 3 is 2.62 bits per heavy atom. The summed E-state index contributed by atoms with van der Waals surface area (Å²) < 4.78 is 51.0. The predicted molar refractivity (Wildman–Crippen MR) is 81.7 cm³/mol. The number of para-hydroxylation sites is 1.